The van der Waals surface area contributed by atoms with Crippen LogP contribution in [0.5, 0.6) is 0 Å². The summed E-state index contributed by atoms with van der Waals surface area (Å²) in [5, 5.41) is 0. The molecule has 2 aromatic carbocycles. The van der Waals surface area contributed by atoms with E-state index in [9.17, 15) is 9.59 Å². The molecule has 0 amide bonds. The van der Waals surface area contributed by atoms with Gasteiger partial charge in [0.05, 0.1) is 12.6 Å². The molecule has 0 aliphatic carbocycles. The molecule has 1 fully saturated rings. The van der Waals surface area contributed by atoms with Crippen LogP contribution in [0.4, 0.5) is 0 Å². The molecule has 1 heterocycles. The summed E-state index contributed by atoms with van der Waals surface area (Å²) in [6, 6.07) is 18.2. The fourth-order valence-electron chi connectivity index (χ4n) is 3.19. The highest BCUT2D eigenvalue weighted by atomic mass is 16.5. The van der Waals surface area contributed by atoms with Crippen molar-refractivity contribution < 1.29 is 14.3 Å². The molecule has 1 aliphatic rings. The number of hydrogen-bond donors (Lipinski definition) is 0. The van der Waals surface area contributed by atoms with Gasteiger partial charge in [-0.05, 0) is 35.7 Å². The van der Waals surface area contributed by atoms with Gasteiger partial charge in [-0.25, -0.2) is 0 Å². The zero-order valence-corrected chi connectivity index (χ0v) is 15.0. The standard InChI is InChI=1S/C21H23BNO3/c1-16(11-21(25)26-14-17-5-3-2-4-6-17)18-7-9-19(10-8-18)20-12-23(13-20)22-15-24/h2-10,15-16,20H,11-14H2,1H3/t16-/m1/s1. The third-order valence-electron chi connectivity index (χ3n) is 4.87. The predicted octanol–water partition coefficient (Wildman–Crippen LogP) is 3.13. The van der Waals surface area contributed by atoms with Crippen LogP contribution in [0.2, 0.25) is 0 Å². The maximum absolute atomic E-state index is 12.1. The maximum atomic E-state index is 12.1. The molecule has 2 aromatic rings. The zero-order valence-electron chi connectivity index (χ0n) is 15.0. The van der Waals surface area contributed by atoms with Crippen molar-refractivity contribution >= 4 is 19.6 Å². The molecule has 0 saturated carbocycles. The molecule has 1 aliphatic heterocycles. The average Bonchev–Trinajstić information content (AvgIpc) is 2.64. The molecule has 5 heteroatoms. The average molecular weight is 348 g/mol. The SMILES string of the molecule is C[C@H](CC(=O)OCc1ccccc1)c1ccc(C2CN([B]C=O)C2)cc1. The first-order valence-electron chi connectivity index (χ1n) is 8.98. The summed E-state index contributed by atoms with van der Waals surface area (Å²) in [5.41, 5.74) is 3.42. The van der Waals surface area contributed by atoms with Crippen LogP contribution in [0.3, 0.4) is 0 Å². The van der Waals surface area contributed by atoms with Crippen molar-refractivity contribution in [2.75, 3.05) is 13.1 Å². The van der Waals surface area contributed by atoms with E-state index in [-0.39, 0.29) is 11.9 Å². The van der Waals surface area contributed by atoms with Gasteiger partial charge >= 0.3 is 5.97 Å². The molecule has 0 N–H and O–H groups in total. The minimum Gasteiger partial charge on any atom is -0.461 e. The number of esters is 1. The lowest BCUT2D eigenvalue weighted by molar-refractivity contribution is -0.145. The highest BCUT2D eigenvalue weighted by Crippen LogP contribution is 2.28. The molecule has 0 spiro atoms. The Morgan fingerprint density at radius 1 is 1.19 bits per heavy atom. The molecular weight excluding hydrogens is 325 g/mol. The van der Waals surface area contributed by atoms with Gasteiger partial charge in [-0.1, -0.05) is 61.5 Å². The summed E-state index contributed by atoms with van der Waals surface area (Å²) < 4.78 is 5.37. The van der Waals surface area contributed by atoms with Crippen LogP contribution in [0.25, 0.3) is 0 Å². The summed E-state index contributed by atoms with van der Waals surface area (Å²) in [7, 11) is 1.59. The molecule has 1 radical (unpaired) electrons. The second-order valence-electron chi connectivity index (χ2n) is 6.85. The van der Waals surface area contributed by atoms with Crippen molar-refractivity contribution in [2.45, 2.75) is 31.8 Å². The second kappa shape index (κ2) is 8.81. The Labute approximate surface area is 155 Å². The molecule has 1 atom stereocenters. The normalized spacial score (nSPS) is 15.7. The van der Waals surface area contributed by atoms with Crippen LogP contribution in [0, 0.1) is 0 Å². The van der Waals surface area contributed by atoms with Crippen molar-refractivity contribution in [3.63, 3.8) is 0 Å². The lowest BCUT2D eigenvalue weighted by atomic mass is 9.81. The highest BCUT2D eigenvalue weighted by molar-refractivity contribution is 6.64. The Morgan fingerprint density at radius 2 is 1.88 bits per heavy atom. The molecule has 1 saturated heterocycles. The van der Waals surface area contributed by atoms with Crippen molar-refractivity contribution in [3.05, 3.63) is 71.3 Å². The summed E-state index contributed by atoms with van der Waals surface area (Å²) in [5.74, 6) is 0.421. The van der Waals surface area contributed by atoms with Gasteiger partial charge in [0.1, 0.15) is 6.61 Å². The van der Waals surface area contributed by atoms with Gasteiger partial charge in [0.2, 0.25) is 0 Å². The van der Waals surface area contributed by atoms with E-state index in [1.165, 1.54) is 5.56 Å². The zero-order chi connectivity index (χ0) is 18.4. The van der Waals surface area contributed by atoms with E-state index in [4.69, 9.17) is 4.74 Å². The minimum absolute atomic E-state index is 0.119. The molecule has 0 aromatic heterocycles. The Bertz CT molecular complexity index is 727. The van der Waals surface area contributed by atoms with Crippen LogP contribution < -0.4 is 0 Å². The molecule has 0 bridgehead atoms. The van der Waals surface area contributed by atoms with Crippen molar-refractivity contribution in [2.24, 2.45) is 0 Å². The largest absolute Gasteiger partial charge is 0.461 e. The monoisotopic (exact) mass is 348 g/mol. The van der Waals surface area contributed by atoms with Gasteiger partial charge in [-0.3, -0.25) is 4.79 Å². The lowest BCUT2D eigenvalue weighted by Crippen LogP contribution is -2.47. The molecule has 4 nitrogen and oxygen atoms in total. The van der Waals surface area contributed by atoms with E-state index in [1.807, 2.05) is 42.1 Å². The van der Waals surface area contributed by atoms with E-state index in [1.54, 1.807) is 7.41 Å². The van der Waals surface area contributed by atoms with Crippen LogP contribution in [0.15, 0.2) is 54.6 Å². The number of carbonyl (C=O) groups is 2. The molecule has 26 heavy (non-hydrogen) atoms. The van der Waals surface area contributed by atoms with Crippen LogP contribution in [-0.4, -0.2) is 37.5 Å². The summed E-state index contributed by atoms with van der Waals surface area (Å²) in [6.07, 6.45) is 1.20. The van der Waals surface area contributed by atoms with Crippen LogP contribution in [0.1, 0.15) is 41.9 Å². The number of ether oxygens (including phenoxy) is 1. The topological polar surface area (TPSA) is 46.6 Å². The Morgan fingerprint density at radius 3 is 2.54 bits per heavy atom. The lowest BCUT2D eigenvalue weighted by Gasteiger charge is -2.38. The Kier molecular flexibility index (Phi) is 6.23. The van der Waals surface area contributed by atoms with E-state index in [2.05, 4.69) is 24.3 Å². The first-order valence-corrected chi connectivity index (χ1v) is 8.98. The third-order valence-corrected chi connectivity index (χ3v) is 4.87. The first kappa shape index (κ1) is 18.4. The third kappa shape index (κ3) is 4.82. The highest BCUT2D eigenvalue weighted by Gasteiger charge is 2.27. The van der Waals surface area contributed by atoms with E-state index in [0.29, 0.717) is 18.9 Å². The first-order chi connectivity index (χ1) is 12.7. The number of hydrogen-bond acceptors (Lipinski definition) is 4. The Balaban J connectivity index is 1.46. The number of carbonyl (C=O) groups excluding carboxylic acids is 2. The molecular formula is C21H23BNO3. The molecule has 133 valence electrons. The van der Waals surface area contributed by atoms with E-state index >= 15 is 0 Å². The summed E-state index contributed by atoms with van der Waals surface area (Å²) >= 11 is 0. The van der Waals surface area contributed by atoms with Gasteiger partial charge in [-0.2, -0.15) is 0 Å². The second-order valence-corrected chi connectivity index (χ2v) is 6.85. The van der Waals surface area contributed by atoms with E-state index in [0.717, 1.165) is 30.4 Å². The van der Waals surface area contributed by atoms with Gasteiger partial charge in [-0.15, -0.1) is 0 Å². The van der Waals surface area contributed by atoms with Crippen molar-refractivity contribution in [1.29, 1.82) is 0 Å². The van der Waals surface area contributed by atoms with Gasteiger partial charge in [0.25, 0.3) is 7.41 Å². The van der Waals surface area contributed by atoms with Crippen LogP contribution >= 0.6 is 0 Å². The fourth-order valence-corrected chi connectivity index (χ4v) is 3.19. The quantitative estimate of drug-likeness (QED) is 0.418. The number of nitrogens with zero attached hydrogens (tertiary/aromatic N) is 1. The summed E-state index contributed by atoms with van der Waals surface area (Å²) in [4.78, 5) is 24.5. The minimum atomic E-state index is -0.176. The molecule has 0 unspecified atom stereocenters. The fraction of sp³-hybridized carbons (Fsp3) is 0.333. The van der Waals surface area contributed by atoms with Crippen molar-refractivity contribution in [3.8, 4) is 0 Å². The number of benzene rings is 2. The van der Waals surface area contributed by atoms with Gasteiger partial charge < -0.3 is 14.3 Å². The maximum Gasteiger partial charge on any atom is 0.306 e. The van der Waals surface area contributed by atoms with Crippen molar-refractivity contribution in [1.82, 2.24) is 4.81 Å². The molecule has 3 rings (SSSR count). The predicted molar refractivity (Wildman–Crippen MR) is 103 cm³/mol. The van der Waals surface area contributed by atoms with Crippen LogP contribution in [-0.2, 0) is 20.9 Å². The van der Waals surface area contributed by atoms with Gasteiger partial charge in [0, 0.05) is 5.92 Å². The number of rotatable bonds is 8. The van der Waals surface area contributed by atoms with Gasteiger partial charge in [0.15, 0.2) is 0 Å². The smallest absolute Gasteiger partial charge is 0.306 e. The summed E-state index contributed by atoms with van der Waals surface area (Å²) in [6.45, 7) is 4.14. The van der Waals surface area contributed by atoms with E-state index < -0.39 is 0 Å². The Hall–Kier alpha value is -2.40.